The van der Waals surface area contributed by atoms with Crippen molar-refractivity contribution in [1.82, 2.24) is 9.80 Å². The van der Waals surface area contributed by atoms with Crippen LogP contribution < -0.4 is 5.73 Å². The van der Waals surface area contributed by atoms with E-state index in [1.807, 2.05) is 47.9 Å². The van der Waals surface area contributed by atoms with Gasteiger partial charge in [-0.1, -0.05) is 17.7 Å². The van der Waals surface area contributed by atoms with Gasteiger partial charge in [0.15, 0.2) is 0 Å². The summed E-state index contributed by atoms with van der Waals surface area (Å²) in [4.78, 5) is 28.5. The van der Waals surface area contributed by atoms with E-state index in [4.69, 9.17) is 5.73 Å². The van der Waals surface area contributed by atoms with Gasteiger partial charge in [0.2, 0.25) is 5.91 Å². The minimum absolute atomic E-state index is 0. The van der Waals surface area contributed by atoms with E-state index in [0.29, 0.717) is 32.5 Å². The highest BCUT2D eigenvalue weighted by atomic mass is 35.5. The van der Waals surface area contributed by atoms with Gasteiger partial charge in [0.05, 0.1) is 0 Å². The summed E-state index contributed by atoms with van der Waals surface area (Å²) >= 11 is 0. The van der Waals surface area contributed by atoms with Crippen molar-refractivity contribution in [3.8, 4) is 0 Å². The molecule has 1 saturated heterocycles. The molecule has 6 heteroatoms. The van der Waals surface area contributed by atoms with E-state index in [1.54, 1.807) is 0 Å². The zero-order valence-corrected chi connectivity index (χ0v) is 15.3. The fourth-order valence-corrected chi connectivity index (χ4v) is 2.84. The third-order valence-electron chi connectivity index (χ3n) is 4.21. The molecule has 0 aromatic heterocycles. The van der Waals surface area contributed by atoms with E-state index in [9.17, 15) is 9.59 Å². The Kier molecular flexibility index (Phi) is 8.22. The lowest BCUT2D eigenvalue weighted by Crippen LogP contribution is -2.37. The number of amides is 2. The van der Waals surface area contributed by atoms with E-state index >= 15 is 0 Å². The first-order valence-electron chi connectivity index (χ1n) is 8.36. The Labute approximate surface area is 150 Å². The smallest absolute Gasteiger partial charge is 0.253 e. The number of hydrogen-bond donors (Lipinski definition) is 1. The number of halogens is 1. The van der Waals surface area contributed by atoms with Crippen molar-refractivity contribution in [3.63, 3.8) is 0 Å². The van der Waals surface area contributed by atoms with E-state index in [-0.39, 0.29) is 30.3 Å². The quantitative estimate of drug-likeness (QED) is 0.902. The van der Waals surface area contributed by atoms with Crippen LogP contribution in [0.4, 0.5) is 0 Å². The summed E-state index contributed by atoms with van der Waals surface area (Å²) in [6, 6.07) is 7.71. The Hall–Kier alpha value is -1.59. The maximum atomic E-state index is 12.6. The second-order valence-electron chi connectivity index (χ2n) is 6.41. The predicted molar refractivity (Wildman–Crippen MR) is 98.4 cm³/mol. The summed E-state index contributed by atoms with van der Waals surface area (Å²) in [5, 5.41) is 0. The summed E-state index contributed by atoms with van der Waals surface area (Å²) in [5.41, 5.74) is 7.52. The van der Waals surface area contributed by atoms with E-state index in [1.165, 1.54) is 0 Å². The molecule has 0 bridgehead atoms. The maximum absolute atomic E-state index is 12.6. The van der Waals surface area contributed by atoms with Crippen molar-refractivity contribution >= 4 is 24.2 Å². The standard InChI is InChI=1S/C18H27N3O2.ClH/c1-14-5-3-6-16(13-14)18(23)21-10-4-9-20(11-12-21)17(22)8-7-15(2)19;/h3,5-6,13,15H,4,7-12,19H2,1-2H3;1H. The molecule has 1 aliphatic heterocycles. The van der Waals surface area contributed by atoms with Crippen LogP contribution in [-0.4, -0.2) is 53.8 Å². The first kappa shape index (κ1) is 20.5. The number of benzene rings is 1. The highest BCUT2D eigenvalue weighted by Gasteiger charge is 2.22. The van der Waals surface area contributed by atoms with Crippen molar-refractivity contribution < 1.29 is 9.59 Å². The summed E-state index contributed by atoms with van der Waals surface area (Å²) in [6.45, 7) is 6.52. The van der Waals surface area contributed by atoms with Gasteiger partial charge in [-0.3, -0.25) is 9.59 Å². The molecule has 0 aliphatic carbocycles. The first-order valence-corrected chi connectivity index (χ1v) is 8.36. The minimum atomic E-state index is 0. The lowest BCUT2D eigenvalue weighted by Gasteiger charge is -2.22. The molecule has 1 atom stereocenters. The van der Waals surface area contributed by atoms with Crippen LogP contribution in [0.2, 0.25) is 0 Å². The van der Waals surface area contributed by atoms with E-state index < -0.39 is 0 Å². The normalized spacial score (nSPS) is 16.1. The Bertz CT molecular complexity index is 563. The van der Waals surface area contributed by atoms with Gasteiger partial charge in [-0.25, -0.2) is 0 Å². The van der Waals surface area contributed by atoms with Gasteiger partial charge in [0.25, 0.3) is 5.91 Å². The molecule has 1 unspecified atom stereocenters. The summed E-state index contributed by atoms with van der Waals surface area (Å²) < 4.78 is 0. The third-order valence-corrected chi connectivity index (χ3v) is 4.21. The largest absolute Gasteiger partial charge is 0.341 e. The molecule has 1 aromatic rings. The fraction of sp³-hybridized carbons (Fsp3) is 0.556. The number of carbonyl (C=O) groups is 2. The van der Waals surface area contributed by atoms with E-state index in [2.05, 4.69) is 0 Å². The Morgan fingerprint density at radius 1 is 1.17 bits per heavy atom. The second-order valence-corrected chi connectivity index (χ2v) is 6.41. The molecular weight excluding hydrogens is 326 g/mol. The monoisotopic (exact) mass is 353 g/mol. The number of hydrogen-bond acceptors (Lipinski definition) is 3. The molecule has 0 saturated carbocycles. The minimum Gasteiger partial charge on any atom is -0.341 e. The molecule has 0 spiro atoms. The summed E-state index contributed by atoms with van der Waals surface area (Å²) in [5.74, 6) is 0.200. The van der Waals surface area contributed by atoms with Gasteiger partial charge in [0.1, 0.15) is 0 Å². The topological polar surface area (TPSA) is 66.6 Å². The third kappa shape index (κ3) is 5.80. The van der Waals surface area contributed by atoms with Crippen LogP contribution in [0.3, 0.4) is 0 Å². The fourth-order valence-electron chi connectivity index (χ4n) is 2.84. The number of rotatable bonds is 4. The molecule has 1 aromatic carbocycles. The van der Waals surface area contributed by atoms with Gasteiger partial charge in [-0.15, -0.1) is 12.4 Å². The van der Waals surface area contributed by atoms with Crippen LogP contribution in [0, 0.1) is 6.92 Å². The lowest BCUT2D eigenvalue weighted by molar-refractivity contribution is -0.131. The van der Waals surface area contributed by atoms with Gasteiger partial charge in [0, 0.05) is 44.2 Å². The van der Waals surface area contributed by atoms with Crippen LogP contribution in [0.25, 0.3) is 0 Å². The zero-order valence-electron chi connectivity index (χ0n) is 14.5. The van der Waals surface area contributed by atoms with Crippen molar-refractivity contribution in [2.45, 2.75) is 39.2 Å². The SMILES string of the molecule is Cc1cccc(C(=O)N2CCCN(C(=O)CCC(C)N)CC2)c1.Cl. The number of aryl methyl sites for hydroxylation is 1. The second kappa shape index (κ2) is 9.64. The molecule has 1 aliphatic rings. The van der Waals surface area contributed by atoms with Crippen molar-refractivity contribution in [3.05, 3.63) is 35.4 Å². The number of nitrogens with zero attached hydrogens (tertiary/aromatic N) is 2. The molecule has 24 heavy (non-hydrogen) atoms. The van der Waals surface area contributed by atoms with Crippen LogP contribution >= 0.6 is 12.4 Å². The molecule has 1 fully saturated rings. The number of carbonyl (C=O) groups excluding carboxylic acids is 2. The number of nitrogens with two attached hydrogens (primary N) is 1. The van der Waals surface area contributed by atoms with Gasteiger partial charge >= 0.3 is 0 Å². The van der Waals surface area contributed by atoms with Gasteiger partial charge in [-0.2, -0.15) is 0 Å². The zero-order chi connectivity index (χ0) is 16.8. The molecule has 0 radical (unpaired) electrons. The Morgan fingerprint density at radius 2 is 1.83 bits per heavy atom. The highest BCUT2D eigenvalue weighted by Crippen LogP contribution is 2.12. The average Bonchev–Trinajstić information content (AvgIpc) is 2.78. The average molecular weight is 354 g/mol. The molecule has 1 heterocycles. The van der Waals surface area contributed by atoms with Crippen LogP contribution in [0.15, 0.2) is 24.3 Å². The van der Waals surface area contributed by atoms with Crippen LogP contribution in [0.5, 0.6) is 0 Å². The molecule has 2 rings (SSSR count). The predicted octanol–water partition coefficient (Wildman–Crippen LogP) is 2.22. The lowest BCUT2D eigenvalue weighted by atomic mass is 10.1. The van der Waals surface area contributed by atoms with Crippen molar-refractivity contribution in [1.29, 1.82) is 0 Å². The Balaban J connectivity index is 0.00000288. The van der Waals surface area contributed by atoms with Crippen molar-refractivity contribution in [2.24, 2.45) is 5.73 Å². The molecule has 5 nitrogen and oxygen atoms in total. The van der Waals surface area contributed by atoms with E-state index in [0.717, 1.165) is 24.1 Å². The summed E-state index contributed by atoms with van der Waals surface area (Å²) in [7, 11) is 0. The molecule has 134 valence electrons. The van der Waals surface area contributed by atoms with Gasteiger partial charge in [-0.05, 0) is 38.8 Å². The van der Waals surface area contributed by atoms with Crippen LogP contribution in [0.1, 0.15) is 42.1 Å². The maximum Gasteiger partial charge on any atom is 0.253 e. The van der Waals surface area contributed by atoms with Crippen molar-refractivity contribution in [2.75, 3.05) is 26.2 Å². The first-order chi connectivity index (χ1) is 11.0. The molecule has 2 N–H and O–H groups in total. The molecular formula is C18H28ClN3O2. The summed E-state index contributed by atoms with van der Waals surface area (Å²) in [6.07, 6.45) is 2.02. The van der Waals surface area contributed by atoms with Gasteiger partial charge < -0.3 is 15.5 Å². The molecule has 2 amide bonds. The van der Waals surface area contributed by atoms with Crippen LogP contribution in [-0.2, 0) is 4.79 Å². The Morgan fingerprint density at radius 3 is 2.50 bits per heavy atom. The highest BCUT2D eigenvalue weighted by molar-refractivity contribution is 5.94.